The third kappa shape index (κ3) is 3.41. The average molecular weight is 383 g/mol. The van der Waals surface area contributed by atoms with Crippen molar-refractivity contribution in [3.8, 4) is 5.75 Å². The molecule has 0 aromatic heterocycles. The first-order valence-electron chi connectivity index (χ1n) is 8.25. The highest BCUT2D eigenvalue weighted by atomic mass is 35.5. The standard InChI is InChI=1S/C21H16Cl2N2O/c22-16-7-1-13(2-8-16)19-20(14-3-9-17(23)10-4-14)25-21(24-19)15-5-11-18(26)12-6-15/h1-12,19-20,26H,(H,24,25). The van der Waals surface area contributed by atoms with Gasteiger partial charge in [0.15, 0.2) is 0 Å². The molecule has 0 saturated heterocycles. The molecule has 2 N–H and O–H groups in total. The zero-order chi connectivity index (χ0) is 18.1. The Morgan fingerprint density at radius 3 is 1.85 bits per heavy atom. The number of aliphatic imine (C=N–C) groups is 1. The molecule has 0 bridgehead atoms. The Morgan fingerprint density at radius 2 is 1.27 bits per heavy atom. The van der Waals surface area contributed by atoms with Crippen LogP contribution in [0.25, 0.3) is 0 Å². The van der Waals surface area contributed by atoms with Gasteiger partial charge in [-0.2, -0.15) is 0 Å². The van der Waals surface area contributed by atoms with Crippen LogP contribution in [0.3, 0.4) is 0 Å². The molecule has 3 nitrogen and oxygen atoms in total. The lowest BCUT2D eigenvalue weighted by atomic mass is 9.95. The molecule has 130 valence electrons. The van der Waals surface area contributed by atoms with Crippen molar-refractivity contribution in [1.82, 2.24) is 5.32 Å². The number of halogens is 2. The van der Waals surface area contributed by atoms with Crippen LogP contribution in [-0.2, 0) is 0 Å². The number of amidine groups is 1. The summed E-state index contributed by atoms with van der Waals surface area (Å²) in [5, 5.41) is 14.4. The van der Waals surface area contributed by atoms with E-state index in [1.54, 1.807) is 12.1 Å². The SMILES string of the molecule is Oc1ccc(C2=NC(c3ccc(Cl)cc3)C(c3ccc(Cl)cc3)N2)cc1. The van der Waals surface area contributed by atoms with Crippen LogP contribution < -0.4 is 5.32 Å². The van der Waals surface area contributed by atoms with E-state index in [1.165, 1.54) is 0 Å². The zero-order valence-electron chi connectivity index (χ0n) is 13.7. The highest BCUT2D eigenvalue weighted by Crippen LogP contribution is 2.37. The average Bonchev–Trinajstić information content (AvgIpc) is 3.09. The van der Waals surface area contributed by atoms with Crippen molar-refractivity contribution in [2.24, 2.45) is 4.99 Å². The minimum absolute atomic E-state index is 0.0164. The summed E-state index contributed by atoms with van der Waals surface area (Å²) in [6.45, 7) is 0. The normalized spacial score (nSPS) is 19.1. The summed E-state index contributed by atoms with van der Waals surface area (Å²) in [5.41, 5.74) is 3.11. The van der Waals surface area contributed by atoms with Crippen LogP contribution in [0.5, 0.6) is 5.75 Å². The number of hydrogen-bond acceptors (Lipinski definition) is 3. The van der Waals surface area contributed by atoms with E-state index in [4.69, 9.17) is 28.2 Å². The van der Waals surface area contributed by atoms with Gasteiger partial charge in [-0.1, -0.05) is 47.5 Å². The van der Waals surface area contributed by atoms with Crippen LogP contribution in [0, 0.1) is 0 Å². The monoisotopic (exact) mass is 382 g/mol. The second kappa shape index (κ2) is 7.02. The Labute approximate surface area is 161 Å². The Balaban J connectivity index is 1.74. The van der Waals surface area contributed by atoms with Crippen LogP contribution in [0.15, 0.2) is 77.8 Å². The van der Waals surface area contributed by atoms with Gasteiger partial charge in [0.25, 0.3) is 0 Å². The first-order chi connectivity index (χ1) is 12.6. The molecule has 0 saturated carbocycles. The number of nitrogens with one attached hydrogen (secondary N) is 1. The summed E-state index contributed by atoms with van der Waals surface area (Å²) in [6.07, 6.45) is 0. The first-order valence-corrected chi connectivity index (χ1v) is 9.00. The molecule has 1 heterocycles. The largest absolute Gasteiger partial charge is 0.508 e. The van der Waals surface area contributed by atoms with E-state index in [0.717, 1.165) is 22.5 Å². The molecule has 3 aromatic rings. The van der Waals surface area contributed by atoms with Crippen molar-refractivity contribution in [3.05, 3.63) is 99.5 Å². The van der Waals surface area contributed by atoms with Gasteiger partial charge >= 0.3 is 0 Å². The Morgan fingerprint density at radius 1 is 0.731 bits per heavy atom. The summed E-state index contributed by atoms with van der Waals surface area (Å²) in [7, 11) is 0. The van der Waals surface area contributed by atoms with Crippen LogP contribution in [0.4, 0.5) is 0 Å². The van der Waals surface area contributed by atoms with E-state index in [1.807, 2.05) is 60.7 Å². The summed E-state index contributed by atoms with van der Waals surface area (Å²) in [4.78, 5) is 4.92. The van der Waals surface area contributed by atoms with Gasteiger partial charge in [0.05, 0.1) is 6.04 Å². The van der Waals surface area contributed by atoms with E-state index in [9.17, 15) is 5.11 Å². The maximum absolute atomic E-state index is 9.53. The molecule has 0 spiro atoms. The molecule has 26 heavy (non-hydrogen) atoms. The molecule has 0 fully saturated rings. The molecule has 1 aliphatic rings. The fourth-order valence-electron chi connectivity index (χ4n) is 3.12. The van der Waals surface area contributed by atoms with E-state index in [2.05, 4.69) is 5.32 Å². The summed E-state index contributed by atoms with van der Waals surface area (Å²) in [6, 6.07) is 22.5. The molecule has 5 heteroatoms. The molecule has 0 aliphatic carbocycles. The molecular weight excluding hydrogens is 367 g/mol. The lowest BCUT2D eigenvalue weighted by Crippen LogP contribution is -2.25. The fourth-order valence-corrected chi connectivity index (χ4v) is 3.37. The number of benzene rings is 3. The predicted molar refractivity (Wildman–Crippen MR) is 106 cm³/mol. The molecule has 4 rings (SSSR count). The highest BCUT2D eigenvalue weighted by molar-refractivity contribution is 6.30. The molecule has 2 unspecified atom stereocenters. The van der Waals surface area contributed by atoms with Gasteiger partial charge in [-0.3, -0.25) is 4.99 Å². The van der Waals surface area contributed by atoms with Crippen LogP contribution in [0.1, 0.15) is 28.8 Å². The molecule has 0 amide bonds. The van der Waals surface area contributed by atoms with Gasteiger partial charge in [0.1, 0.15) is 17.6 Å². The lowest BCUT2D eigenvalue weighted by Gasteiger charge is -2.20. The summed E-state index contributed by atoms with van der Waals surface area (Å²) in [5.74, 6) is 1.03. The smallest absolute Gasteiger partial charge is 0.129 e. The van der Waals surface area contributed by atoms with Gasteiger partial charge < -0.3 is 10.4 Å². The quantitative estimate of drug-likeness (QED) is 0.625. The fraction of sp³-hybridized carbons (Fsp3) is 0.0952. The van der Waals surface area contributed by atoms with Gasteiger partial charge in [0, 0.05) is 15.6 Å². The van der Waals surface area contributed by atoms with E-state index in [-0.39, 0.29) is 17.8 Å². The second-order valence-electron chi connectivity index (χ2n) is 6.19. The predicted octanol–water partition coefficient (Wildman–Crippen LogP) is 5.53. The minimum atomic E-state index is -0.0859. The second-order valence-corrected chi connectivity index (χ2v) is 7.07. The Bertz CT molecular complexity index is 935. The third-order valence-corrected chi connectivity index (χ3v) is 4.96. The van der Waals surface area contributed by atoms with Crippen molar-refractivity contribution in [1.29, 1.82) is 0 Å². The number of hydrogen-bond donors (Lipinski definition) is 2. The van der Waals surface area contributed by atoms with Crippen molar-refractivity contribution in [2.75, 3.05) is 0 Å². The summed E-state index contributed by atoms with van der Waals surface area (Å²) < 4.78 is 0. The number of phenolic OH excluding ortho intramolecular Hbond substituents is 1. The van der Waals surface area contributed by atoms with Crippen molar-refractivity contribution < 1.29 is 5.11 Å². The van der Waals surface area contributed by atoms with Crippen molar-refractivity contribution in [3.63, 3.8) is 0 Å². The van der Waals surface area contributed by atoms with Crippen molar-refractivity contribution >= 4 is 29.0 Å². The Kier molecular flexibility index (Phi) is 4.58. The number of nitrogens with zero attached hydrogens (tertiary/aromatic N) is 1. The van der Waals surface area contributed by atoms with E-state index < -0.39 is 0 Å². The van der Waals surface area contributed by atoms with Gasteiger partial charge in [-0.15, -0.1) is 0 Å². The number of phenols is 1. The van der Waals surface area contributed by atoms with Crippen LogP contribution >= 0.6 is 23.2 Å². The number of rotatable bonds is 3. The summed E-state index contributed by atoms with van der Waals surface area (Å²) >= 11 is 12.1. The highest BCUT2D eigenvalue weighted by Gasteiger charge is 2.31. The topological polar surface area (TPSA) is 44.6 Å². The molecule has 2 atom stereocenters. The van der Waals surface area contributed by atoms with Gasteiger partial charge in [-0.25, -0.2) is 0 Å². The molecular formula is C21H16Cl2N2O. The number of aromatic hydroxyl groups is 1. The zero-order valence-corrected chi connectivity index (χ0v) is 15.2. The Hall–Kier alpha value is -2.49. The van der Waals surface area contributed by atoms with Crippen LogP contribution in [-0.4, -0.2) is 10.9 Å². The van der Waals surface area contributed by atoms with E-state index in [0.29, 0.717) is 10.0 Å². The molecule has 3 aromatic carbocycles. The molecule has 1 aliphatic heterocycles. The first kappa shape index (κ1) is 17.0. The van der Waals surface area contributed by atoms with E-state index >= 15 is 0 Å². The third-order valence-electron chi connectivity index (χ3n) is 4.46. The maximum atomic E-state index is 9.53. The lowest BCUT2D eigenvalue weighted by molar-refractivity contribution is 0.475. The molecule has 0 radical (unpaired) electrons. The minimum Gasteiger partial charge on any atom is -0.508 e. The van der Waals surface area contributed by atoms with Crippen LogP contribution in [0.2, 0.25) is 10.0 Å². The van der Waals surface area contributed by atoms with Crippen molar-refractivity contribution in [2.45, 2.75) is 12.1 Å². The van der Waals surface area contributed by atoms with Gasteiger partial charge in [0.2, 0.25) is 0 Å². The van der Waals surface area contributed by atoms with Gasteiger partial charge in [-0.05, 0) is 59.7 Å². The maximum Gasteiger partial charge on any atom is 0.129 e.